The first kappa shape index (κ1) is 21.1. The van der Waals surface area contributed by atoms with E-state index < -0.39 is 28.5 Å². The van der Waals surface area contributed by atoms with Gasteiger partial charge in [0.2, 0.25) is 0 Å². The second kappa shape index (κ2) is 8.00. The molecule has 1 aromatic heterocycles. The summed E-state index contributed by atoms with van der Waals surface area (Å²) < 4.78 is 8.43. The first-order valence-corrected chi connectivity index (χ1v) is 12.5. The third-order valence-corrected chi connectivity index (χ3v) is 9.66. The molecule has 2 aromatic carbocycles. The second-order valence-corrected chi connectivity index (χ2v) is 11.5. The molecule has 1 saturated heterocycles. The Kier molecular flexibility index (Phi) is 5.64. The molecule has 3 heterocycles. The maximum atomic E-state index is 10.9. The van der Waals surface area contributed by atoms with Gasteiger partial charge in [-0.05, 0) is 57.3 Å². The van der Waals surface area contributed by atoms with Crippen molar-refractivity contribution in [1.82, 2.24) is 0 Å². The van der Waals surface area contributed by atoms with Gasteiger partial charge in [-0.15, -0.1) is 23.1 Å². The van der Waals surface area contributed by atoms with Crippen molar-refractivity contribution in [3.63, 3.8) is 0 Å². The molecule has 0 amide bonds. The molecule has 2 aliphatic heterocycles. The number of aliphatic hydroxyl groups excluding tert-OH is 4. The predicted molar refractivity (Wildman–Crippen MR) is 127 cm³/mol. The highest BCUT2D eigenvalue weighted by Crippen LogP contribution is 2.54. The van der Waals surface area contributed by atoms with Gasteiger partial charge in [-0.3, -0.25) is 0 Å². The lowest BCUT2D eigenvalue weighted by Crippen LogP contribution is -2.58. The normalized spacial score (nSPS) is 30.8. The van der Waals surface area contributed by atoms with Gasteiger partial charge in [0.15, 0.2) is 4.93 Å². The number of thiophene rings is 1. The van der Waals surface area contributed by atoms with E-state index in [1.807, 2.05) is 12.1 Å². The van der Waals surface area contributed by atoms with Gasteiger partial charge in [0.05, 0.1) is 24.6 Å². The Labute approximate surface area is 195 Å². The SMILES string of the molecule is OC[C@H]1S[C@]2(OCc3cc(I)c(Cc4cc5ccccc5s4)cc32)[C@H](O)[C@@H](O)[C@@H]1O. The van der Waals surface area contributed by atoms with E-state index in [0.29, 0.717) is 6.61 Å². The topological polar surface area (TPSA) is 90.2 Å². The molecule has 0 aliphatic carbocycles. The fourth-order valence-electron chi connectivity index (χ4n) is 4.30. The van der Waals surface area contributed by atoms with Gasteiger partial charge in [-0.1, -0.05) is 24.3 Å². The molecule has 158 valence electrons. The highest BCUT2D eigenvalue weighted by atomic mass is 127. The Morgan fingerprint density at radius 2 is 1.90 bits per heavy atom. The quantitative estimate of drug-likeness (QED) is 0.371. The summed E-state index contributed by atoms with van der Waals surface area (Å²) in [6.45, 7) is 0.00852. The van der Waals surface area contributed by atoms with Crippen LogP contribution in [0.1, 0.15) is 21.6 Å². The van der Waals surface area contributed by atoms with Crippen LogP contribution >= 0.6 is 45.7 Å². The molecule has 30 heavy (non-hydrogen) atoms. The van der Waals surface area contributed by atoms with Gasteiger partial charge < -0.3 is 25.2 Å². The number of aliphatic hydroxyl groups is 4. The first-order chi connectivity index (χ1) is 14.4. The third kappa shape index (κ3) is 3.32. The van der Waals surface area contributed by atoms with Crippen molar-refractivity contribution in [3.8, 4) is 0 Å². The maximum absolute atomic E-state index is 10.9. The zero-order chi connectivity index (χ0) is 21.0. The van der Waals surface area contributed by atoms with E-state index in [-0.39, 0.29) is 6.61 Å². The summed E-state index contributed by atoms with van der Waals surface area (Å²) in [6, 6.07) is 14.7. The summed E-state index contributed by atoms with van der Waals surface area (Å²) in [7, 11) is 0. The third-order valence-electron chi connectivity index (χ3n) is 5.88. The largest absolute Gasteiger partial charge is 0.395 e. The van der Waals surface area contributed by atoms with Gasteiger partial charge >= 0.3 is 0 Å². The molecule has 4 N–H and O–H groups in total. The van der Waals surface area contributed by atoms with Gasteiger partial charge in [0.1, 0.15) is 12.2 Å². The number of benzene rings is 2. The number of thioether (sulfide) groups is 1. The van der Waals surface area contributed by atoms with Crippen LogP contribution in [0.2, 0.25) is 0 Å². The summed E-state index contributed by atoms with van der Waals surface area (Å²) in [5.41, 5.74) is 2.91. The summed E-state index contributed by atoms with van der Waals surface area (Å²) >= 11 is 5.30. The van der Waals surface area contributed by atoms with Crippen LogP contribution in [0.5, 0.6) is 0 Å². The fourth-order valence-corrected chi connectivity index (χ4v) is 7.65. The predicted octanol–water partition coefficient (Wildman–Crippen LogP) is 2.97. The molecule has 2 aliphatic rings. The molecule has 3 aromatic rings. The Morgan fingerprint density at radius 1 is 1.10 bits per heavy atom. The molecule has 1 fully saturated rings. The van der Waals surface area contributed by atoms with E-state index >= 15 is 0 Å². The molecule has 0 saturated carbocycles. The molecule has 0 unspecified atom stereocenters. The van der Waals surface area contributed by atoms with Crippen LogP contribution in [-0.2, 0) is 22.7 Å². The summed E-state index contributed by atoms with van der Waals surface area (Å²) in [6.07, 6.45) is -3.13. The van der Waals surface area contributed by atoms with Crippen molar-refractivity contribution in [2.45, 2.75) is 41.5 Å². The van der Waals surface area contributed by atoms with Crippen molar-refractivity contribution in [1.29, 1.82) is 0 Å². The Bertz CT molecular complexity index is 1070. The molecule has 5 rings (SSSR count). The minimum atomic E-state index is -1.39. The zero-order valence-electron chi connectivity index (χ0n) is 15.9. The summed E-state index contributed by atoms with van der Waals surface area (Å²) in [5.74, 6) is 0. The van der Waals surface area contributed by atoms with Crippen molar-refractivity contribution in [3.05, 3.63) is 67.6 Å². The lowest BCUT2D eigenvalue weighted by Gasteiger charge is -2.45. The lowest BCUT2D eigenvalue weighted by atomic mass is 9.91. The van der Waals surface area contributed by atoms with Crippen LogP contribution in [0, 0.1) is 3.57 Å². The first-order valence-electron chi connectivity index (χ1n) is 9.69. The summed E-state index contributed by atoms with van der Waals surface area (Å²) in [4.78, 5) is 0.0586. The fraction of sp³-hybridized carbons (Fsp3) is 0.364. The van der Waals surface area contributed by atoms with E-state index in [2.05, 4.69) is 52.9 Å². The van der Waals surface area contributed by atoms with Crippen LogP contribution < -0.4 is 0 Å². The van der Waals surface area contributed by atoms with Crippen molar-refractivity contribution in [2.75, 3.05) is 6.61 Å². The van der Waals surface area contributed by atoms with Gasteiger partial charge in [-0.2, -0.15) is 0 Å². The number of rotatable bonds is 3. The molecule has 5 atom stereocenters. The minimum Gasteiger partial charge on any atom is -0.395 e. The van der Waals surface area contributed by atoms with Crippen LogP contribution in [0.3, 0.4) is 0 Å². The number of hydrogen-bond donors (Lipinski definition) is 4. The monoisotopic (exact) mass is 556 g/mol. The van der Waals surface area contributed by atoms with Crippen molar-refractivity contribution < 1.29 is 25.2 Å². The van der Waals surface area contributed by atoms with Crippen molar-refractivity contribution >= 4 is 55.8 Å². The zero-order valence-corrected chi connectivity index (χ0v) is 19.7. The average Bonchev–Trinajstić information content (AvgIpc) is 3.31. The highest BCUT2D eigenvalue weighted by Gasteiger charge is 2.57. The van der Waals surface area contributed by atoms with Gasteiger partial charge in [0.25, 0.3) is 0 Å². The molecule has 0 bridgehead atoms. The van der Waals surface area contributed by atoms with E-state index in [1.165, 1.54) is 26.7 Å². The Morgan fingerprint density at radius 3 is 2.67 bits per heavy atom. The molecule has 1 spiro atoms. The van der Waals surface area contributed by atoms with Gasteiger partial charge in [0, 0.05) is 25.1 Å². The molecule has 0 radical (unpaired) electrons. The second-order valence-electron chi connectivity index (χ2n) is 7.75. The average molecular weight is 556 g/mol. The Balaban J connectivity index is 1.54. The van der Waals surface area contributed by atoms with Crippen LogP contribution in [-0.4, -0.2) is 50.6 Å². The van der Waals surface area contributed by atoms with E-state index in [0.717, 1.165) is 26.7 Å². The highest BCUT2D eigenvalue weighted by molar-refractivity contribution is 14.1. The number of halogens is 1. The van der Waals surface area contributed by atoms with Crippen molar-refractivity contribution in [2.24, 2.45) is 0 Å². The lowest BCUT2D eigenvalue weighted by molar-refractivity contribution is -0.147. The van der Waals surface area contributed by atoms with E-state index in [4.69, 9.17) is 4.74 Å². The minimum absolute atomic E-state index is 0.310. The number of hydrogen-bond acceptors (Lipinski definition) is 7. The van der Waals surface area contributed by atoms with Crippen LogP contribution in [0.15, 0.2) is 42.5 Å². The standard InChI is InChI=1S/C22H21IO5S2/c23-16-8-13-10-28-22(21(27)20(26)19(25)18(9-24)30-22)15(13)7-12(16)6-14-5-11-3-1-2-4-17(11)29-14/h1-5,7-8,18-21,24-27H,6,9-10H2/t18-,19-,20+,21-,22+/m1/s1. The van der Waals surface area contributed by atoms with Gasteiger partial charge in [-0.25, -0.2) is 0 Å². The smallest absolute Gasteiger partial charge is 0.168 e. The van der Waals surface area contributed by atoms with Crippen LogP contribution in [0.25, 0.3) is 10.1 Å². The molecule has 5 nitrogen and oxygen atoms in total. The molecular weight excluding hydrogens is 535 g/mol. The molecule has 8 heteroatoms. The maximum Gasteiger partial charge on any atom is 0.168 e. The van der Waals surface area contributed by atoms with E-state index in [9.17, 15) is 20.4 Å². The molecular formula is C22H21IO5S2. The summed E-state index contributed by atoms with van der Waals surface area (Å²) in [5, 5.41) is 41.8. The van der Waals surface area contributed by atoms with E-state index in [1.54, 1.807) is 11.3 Å². The number of ether oxygens (including phenoxy) is 1. The van der Waals surface area contributed by atoms with Crippen LogP contribution in [0.4, 0.5) is 0 Å². The Hall–Kier alpha value is -0.720. The number of fused-ring (bicyclic) bond motifs is 3.